The van der Waals surface area contributed by atoms with Crippen LogP contribution in [0.4, 0.5) is 0 Å². The molecule has 0 aromatic rings. The highest BCUT2D eigenvalue weighted by molar-refractivity contribution is 4.79. The zero-order chi connectivity index (χ0) is 14.8. The molecule has 0 atom stereocenters. The van der Waals surface area contributed by atoms with Crippen LogP contribution in [0.25, 0.3) is 0 Å². The number of unbranched alkanes of at least 4 members (excludes halogenated alkanes) is 1. The molecule has 1 heterocycles. The van der Waals surface area contributed by atoms with Crippen LogP contribution in [0.15, 0.2) is 0 Å². The minimum absolute atomic E-state index is 0.185. The number of aliphatic hydroxyl groups is 2. The molecule has 1 rings (SSSR count). The first-order chi connectivity index (χ1) is 9.67. The molecule has 0 unspecified atom stereocenters. The lowest BCUT2D eigenvalue weighted by Gasteiger charge is -2.38. The quantitative estimate of drug-likeness (QED) is 0.557. The van der Waals surface area contributed by atoms with Crippen molar-refractivity contribution in [1.29, 1.82) is 0 Å². The molecule has 0 saturated carbocycles. The van der Waals surface area contributed by atoms with Crippen LogP contribution in [-0.2, 0) is 0 Å². The zero-order valence-corrected chi connectivity index (χ0v) is 13.3. The molecule has 2 N–H and O–H groups in total. The van der Waals surface area contributed by atoms with Gasteiger partial charge in [-0.25, -0.2) is 0 Å². The Morgan fingerprint density at radius 1 is 0.950 bits per heavy atom. The largest absolute Gasteiger partial charge is 0.395 e. The Balaban J connectivity index is 2.18. The van der Waals surface area contributed by atoms with Gasteiger partial charge in [-0.15, -0.1) is 0 Å². The predicted molar refractivity (Wildman–Crippen MR) is 83.0 cm³/mol. The molecule has 5 nitrogen and oxygen atoms in total. The van der Waals surface area contributed by atoms with Gasteiger partial charge in [-0.2, -0.15) is 0 Å². The van der Waals surface area contributed by atoms with Crippen LogP contribution in [0.1, 0.15) is 25.7 Å². The van der Waals surface area contributed by atoms with Crippen molar-refractivity contribution in [3.63, 3.8) is 0 Å². The smallest absolute Gasteiger partial charge is 0.0558 e. The summed E-state index contributed by atoms with van der Waals surface area (Å²) in [5, 5.41) is 18.2. The van der Waals surface area contributed by atoms with Crippen LogP contribution in [-0.4, -0.2) is 97.5 Å². The van der Waals surface area contributed by atoms with E-state index in [4.69, 9.17) is 10.2 Å². The maximum absolute atomic E-state index is 9.10. The molecule has 0 aliphatic carbocycles. The van der Waals surface area contributed by atoms with Gasteiger partial charge in [-0.3, -0.25) is 4.90 Å². The monoisotopic (exact) mass is 287 g/mol. The standard InChI is InChI=1S/C15H33N3O2/c1-16(2)7-3-4-8-17-9-5-15(6-10-17)18(11-13-19)12-14-20/h15,19-20H,3-14H2,1-2H3. The van der Waals surface area contributed by atoms with Gasteiger partial charge < -0.3 is 20.0 Å². The van der Waals surface area contributed by atoms with Gasteiger partial charge in [0.2, 0.25) is 0 Å². The minimum atomic E-state index is 0.185. The van der Waals surface area contributed by atoms with Crippen LogP contribution < -0.4 is 0 Å². The summed E-state index contributed by atoms with van der Waals surface area (Å²) in [7, 11) is 4.25. The average Bonchev–Trinajstić information content (AvgIpc) is 2.44. The van der Waals surface area contributed by atoms with Gasteiger partial charge >= 0.3 is 0 Å². The molecular weight excluding hydrogens is 254 g/mol. The molecule has 1 aliphatic rings. The van der Waals surface area contributed by atoms with Crippen molar-refractivity contribution >= 4 is 0 Å². The van der Waals surface area contributed by atoms with Crippen molar-refractivity contribution < 1.29 is 10.2 Å². The summed E-state index contributed by atoms with van der Waals surface area (Å²) in [5.74, 6) is 0. The fraction of sp³-hybridized carbons (Fsp3) is 1.00. The van der Waals surface area contributed by atoms with Gasteiger partial charge in [0.1, 0.15) is 0 Å². The normalized spacial score (nSPS) is 18.3. The first kappa shape index (κ1) is 17.9. The number of likely N-dealkylation sites (tertiary alicyclic amines) is 1. The molecule has 0 amide bonds. The molecule has 0 bridgehead atoms. The van der Waals surface area contributed by atoms with Gasteiger partial charge in [-0.1, -0.05) is 0 Å². The number of aliphatic hydroxyl groups excluding tert-OH is 2. The average molecular weight is 287 g/mol. The maximum atomic E-state index is 9.10. The summed E-state index contributed by atoms with van der Waals surface area (Å²) in [6.07, 6.45) is 4.87. The second-order valence-electron chi connectivity index (χ2n) is 6.07. The van der Waals surface area contributed by atoms with Gasteiger partial charge in [0.05, 0.1) is 13.2 Å². The van der Waals surface area contributed by atoms with Gasteiger partial charge in [0.25, 0.3) is 0 Å². The van der Waals surface area contributed by atoms with E-state index in [1.165, 1.54) is 25.9 Å². The molecule has 0 aromatic heterocycles. The molecule has 0 aromatic carbocycles. The highest BCUT2D eigenvalue weighted by Crippen LogP contribution is 2.16. The molecule has 1 saturated heterocycles. The lowest BCUT2D eigenvalue weighted by atomic mass is 10.0. The van der Waals surface area contributed by atoms with Gasteiger partial charge in [0, 0.05) is 19.1 Å². The highest BCUT2D eigenvalue weighted by atomic mass is 16.3. The second kappa shape index (κ2) is 10.5. The molecular formula is C15H33N3O2. The van der Waals surface area contributed by atoms with E-state index < -0.39 is 0 Å². The lowest BCUT2D eigenvalue weighted by Crippen LogP contribution is -2.47. The number of nitrogens with zero attached hydrogens (tertiary/aromatic N) is 3. The van der Waals surface area contributed by atoms with E-state index in [0.29, 0.717) is 19.1 Å². The highest BCUT2D eigenvalue weighted by Gasteiger charge is 2.23. The fourth-order valence-electron chi connectivity index (χ4n) is 3.01. The zero-order valence-electron chi connectivity index (χ0n) is 13.3. The van der Waals surface area contributed by atoms with Gasteiger partial charge in [0.15, 0.2) is 0 Å². The fourth-order valence-corrected chi connectivity index (χ4v) is 3.01. The van der Waals surface area contributed by atoms with Crippen molar-refractivity contribution in [1.82, 2.24) is 14.7 Å². The number of rotatable bonds is 10. The van der Waals surface area contributed by atoms with E-state index in [-0.39, 0.29) is 13.2 Å². The second-order valence-corrected chi connectivity index (χ2v) is 6.07. The Bertz CT molecular complexity index is 225. The lowest BCUT2D eigenvalue weighted by molar-refractivity contribution is 0.0754. The SMILES string of the molecule is CN(C)CCCCN1CCC(N(CCO)CCO)CC1. The Kier molecular flexibility index (Phi) is 9.39. The van der Waals surface area contributed by atoms with E-state index in [1.54, 1.807) is 0 Å². The van der Waals surface area contributed by atoms with Crippen molar-refractivity contribution in [2.75, 3.05) is 66.6 Å². The molecule has 20 heavy (non-hydrogen) atoms. The van der Waals surface area contributed by atoms with Crippen LogP contribution in [0, 0.1) is 0 Å². The number of hydrogen-bond acceptors (Lipinski definition) is 5. The molecule has 0 spiro atoms. The Labute approximate surface area is 124 Å². The van der Waals surface area contributed by atoms with E-state index in [0.717, 1.165) is 25.9 Å². The third-order valence-corrected chi connectivity index (χ3v) is 4.18. The van der Waals surface area contributed by atoms with Crippen LogP contribution in [0.2, 0.25) is 0 Å². The Hall–Kier alpha value is -0.200. The molecule has 120 valence electrons. The molecule has 5 heteroatoms. The predicted octanol–water partition coefficient (Wildman–Crippen LogP) is 0.0792. The summed E-state index contributed by atoms with van der Waals surface area (Å²) >= 11 is 0. The summed E-state index contributed by atoms with van der Waals surface area (Å²) in [6, 6.07) is 0.535. The molecule has 1 aliphatic heterocycles. The van der Waals surface area contributed by atoms with Crippen molar-refractivity contribution in [2.24, 2.45) is 0 Å². The minimum Gasteiger partial charge on any atom is -0.395 e. The van der Waals surface area contributed by atoms with Crippen LogP contribution >= 0.6 is 0 Å². The Morgan fingerprint density at radius 3 is 2.05 bits per heavy atom. The van der Waals surface area contributed by atoms with E-state index >= 15 is 0 Å². The molecule has 0 radical (unpaired) electrons. The topological polar surface area (TPSA) is 50.2 Å². The first-order valence-corrected chi connectivity index (χ1v) is 8.00. The van der Waals surface area contributed by atoms with Crippen molar-refractivity contribution in [2.45, 2.75) is 31.7 Å². The van der Waals surface area contributed by atoms with Crippen LogP contribution in [0.3, 0.4) is 0 Å². The summed E-state index contributed by atoms with van der Waals surface area (Å²) in [6.45, 7) is 6.44. The summed E-state index contributed by atoms with van der Waals surface area (Å²) in [5.41, 5.74) is 0. The summed E-state index contributed by atoms with van der Waals surface area (Å²) < 4.78 is 0. The molecule has 1 fully saturated rings. The first-order valence-electron chi connectivity index (χ1n) is 8.00. The van der Waals surface area contributed by atoms with Crippen molar-refractivity contribution in [3.8, 4) is 0 Å². The van der Waals surface area contributed by atoms with Crippen molar-refractivity contribution in [3.05, 3.63) is 0 Å². The van der Waals surface area contributed by atoms with Crippen LogP contribution in [0.5, 0.6) is 0 Å². The van der Waals surface area contributed by atoms with E-state index in [2.05, 4.69) is 28.8 Å². The van der Waals surface area contributed by atoms with Gasteiger partial charge in [-0.05, 0) is 66.0 Å². The Morgan fingerprint density at radius 2 is 1.55 bits per heavy atom. The van der Waals surface area contributed by atoms with E-state index in [1.807, 2.05) is 0 Å². The van der Waals surface area contributed by atoms with E-state index in [9.17, 15) is 0 Å². The number of piperidine rings is 1. The number of hydrogen-bond donors (Lipinski definition) is 2. The third-order valence-electron chi connectivity index (χ3n) is 4.18. The maximum Gasteiger partial charge on any atom is 0.0558 e. The summed E-state index contributed by atoms with van der Waals surface area (Å²) in [4.78, 5) is 7.04. The third kappa shape index (κ3) is 6.99.